The highest BCUT2D eigenvalue weighted by Crippen LogP contribution is 2.29. The first-order valence-corrected chi connectivity index (χ1v) is 12.2. The standard InChI is InChI=1S/C25H28FN5O6/c26-17-1-2-19-20(9-17)31(24(33)13-28-19)6-5-30-4-3-21(32)16(14-30)11-29-25(34)37-15-18-10-22-23(12-27-18)36-8-7-35-22/h1-2,9-10,12-13,16,21,32H,3-8,11,14-15H2,(H,29,34). The number of halogens is 1. The van der Waals surface area contributed by atoms with Crippen molar-refractivity contribution in [3.05, 3.63) is 58.5 Å². The van der Waals surface area contributed by atoms with Crippen LogP contribution in [0.1, 0.15) is 12.1 Å². The molecule has 2 aliphatic rings. The van der Waals surface area contributed by atoms with Crippen molar-refractivity contribution in [3.8, 4) is 11.5 Å². The van der Waals surface area contributed by atoms with E-state index in [2.05, 4.69) is 20.2 Å². The van der Waals surface area contributed by atoms with Gasteiger partial charge in [-0.2, -0.15) is 0 Å². The molecule has 0 radical (unpaired) electrons. The van der Waals surface area contributed by atoms with Crippen molar-refractivity contribution < 1.29 is 28.5 Å². The Balaban J connectivity index is 1.12. The van der Waals surface area contributed by atoms with Crippen LogP contribution in [0.3, 0.4) is 0 Å². The van der Waals surface area contributed by atoms with Crippen LogP contribution in [0.4, 0.5) is 9.18 Å². The fourth-order valence-corrected chi connectivity index (χ4v) is 4.58. The number of carbonyl (C=O) groups is 1. The van der Waals surface area contributed by atoms with Crippen LogP contribution in [0.15, 0.2) is 41.5 Å². The predicted octanol–water partition coefficient (Wildman–Crippen LogP) is 1.31. The maximum absolute atomic E-state index is 13.8. The number of alkyl carbamates (subject to hydrolysis) is 1. The number of pyridine rings is 1. The van der Waals surface area contributed by atoms with E-state index in [1.165, 1.54) is 29.1 Å². The van der Waals surface area contributed by atoms with Gasteiger partial charge in [-0.3, -0.25) is 9.78 Å². The molecule has 2 aliphatic heterocycles. The summed E-state index contributed by atoms with van der Waals surface area (Å²) in [4.78, 5) is 35.0. The molecule has 1 fully saturated rings. The topological polar surface area (TPSA) is 128 Å². The second kappa shape index (κ2) is 11.1. The van der Waals surface area contributed by atoms with Crippen molar-refractivity contribution in [2.24, 2.45) is 5.92 Å². The molecule has 2 aromatic heterocycles. The first kappa shape index (κ1) is 24.9. The summed E-state index contributed by atoms with van der Waals surface area (Å²) in [6.07, 6.45) is 2.12. The van der Waals surface area contributed by atoms with Gasteiger partial charge in [0.05, 0.1) is 35.2 Å². The molecule has 0 aliphatic carbocycles. The molecule has 0 spiro atoms. The molecule has 1 amide bonds. The third kappa shape index (κ3) is 5.97. The first-order chi connectivity index (χ1) is 18.0. The number of likely N-dealkylation sites (tertiary alicyclic amines) is 1. The van der Waals surface area contributed by atoms with Gasteiger partial charge in [0.2, 0.25) is 0 Å². The van der Waals surface area contributed by atoms with Gasteiger partial charge in [-0.15, -0.1) is 0 Å². The van der Waals surface area contributed by atoms with E-state index in [0.29, 0.717) is 74.0 Å². The molecule has 37 heavy (non-hydrogen) atoms. The number of nitrogens with one attached hydrogen (secondary N) is 1. The Hall–Kier alpha value is -3.77. The lowest BCUT2D eigenvalue weighted by Gasteiger charge is -2.36. The normalized spacial score (nSPS) is 19.5. The number of rotatable bonds is 7. The lowest BCUT2D eigenvalue weighted by atomic mass is 9.94. The summed E-state index contributed by atoms with van der Waals surface area (Å²) in [5.74, 6) is 0.483. The highest BCUT2D eigenvalue weighted by Gasteiger charge is 2.28. The lowest BCUT2D eigenvalue weighted by molar-refractivity contribution is 0.0253. The first-order valence-electron chi connectivity index (χ1n) is 12.2. The quantitative estimate of drug-likeness (QED) is 0.481. The minimum Gasteiger partial charge on any atom is -0.486 e. The van der Waals surface area contributed by atoms with Crippen molar-refractivity contribution in [3.63, 3.8) is 0 Å². The van der Waals surface area contributed by atoms with Crippen molar-refractivity contribution in [2.75, 3.05) is 39.4 Å². The predicted molar refractivity (Wildman–Crippen MR) is 130 cm³/mol. The number of fused-ring (bicyclic) bond motifs is 2. The van der Waals surface area contributed by atoms with Crippen molar-refractivity contribution in [2.45, 2.75) is 25.7 Å². The number of hydrogen-bond donors (Lipinski definition) is 2. The van der Waals surface area contributed by atoms with Crippen molar-refractivity contribution in [1.82, 2.24) is 24.8 Å². The summed E-state index contributed by atoms with van der Waals surface area (Å²) in [6.45, 7) is 3.16. The SMILES string of the molecule is O=C(NCC1CN(CCn2c(=O)cnc3ccc(F)cc32)CCC1O)OCc1cc2c(cn1)OCCO2. The van der Waals surface area contributed by atoms with Crippen molar-refractivity contribution in [1.29, 1.82) is 0 Å². The Labute approximate surface area is 211 Å². The number of carbonyl (C=O) groups excluding carboxylic acids is 1. The van der Waals surface area contributed by atoms with E-state index in [1.54, 1.807) is 12.1 Å². The molecule has 1 saturated heterocycles. The number of piperidine rings is 1. The summed E-state index contributed by atoms with van der Waals surface area (Å²) in [5.41, 5.74) is 1.21. The van der Waals surface area contributed by atoms with Crippen LogP contribution in [0.2, 0.25) is 0 Å². The Kier molecular flexibility index (Phi) is 7.47. The van der Waals surface area contributed by atoms with Crippen LogP contribution in [-0.4, -0.2) is 76.1 Å². The number of hydrogen-bond acceptors (Lipinski definition) is 9. The largest absolute Gasteiger partial charge is 0.486 e. The molecule has 0 saturated carbocycles. The highest BCUT2D eigenvalue weighted by molar-refractivity contribution is 5.74. The van der Waals surface area contributed by atoms with Gasteiger partial charge < -0.3 is 34.1 Å². The maximum Gasteiger partial charge on any atom is 0.407 e. The summed E-state index contributed by atoms with van der Waals surface area (Å²) in [6, 6.07) is 5.84. The number of nitrogens with zero attached hydrogens (tertiary/aromatic N) is 4. The molecular weight excluding hydrogens is 485 g/mol. The molecule has 5 rings (SSSR count). The van der Waals surface area contributed by atoms with E-state index in [0.717, 1.165) is 0 Å². The molecule has 3 aromatic rings. The average molecular weight is 514 g/mol. The third-order valence-corrected chi connectivity index (χ3v) is 6.57. The summed E-state index contributed by atoms with van der Waals surface area (Å²) >= 11 is 0. The van der Waals surface area contributed by atoms with E-state index >= 15 is 0 Å². The van der Waals surface area contributed by atoms with Crippen molar-refractivity contribution >= 4 is 17.1 Å². The second-order valence-electron chi connectivity index (χ2n) is 9.07. The van der Waals surface area contributed by atoms with Gasteiger partial charge in [-0.25, -0.2) is 14.2 Å². The molecule has 196 valence electrons. The molecule has 11 nitrogen and oxygen atoms in total. The van der Waals surface area contributed by atoms with Gasteiger partial charge in [0.1, 0.15) is 25.6 Å². The van der Waals surface area contributed by atoms with Gasteiger partial charge in [-0.1, -0.05) is 0 Å². The molecule has 2 atom stereocenters. The smallest absolute Gasteiger partial charge is 0.407 e. The Morgan fingerprint density at radius 2 is 2.00 bits per heavy atom. The highest BCUT2D eigenvalue weighted by atomic mass is 19.1. The van der Waals surface area contributed by atoms with Crippen LogP contribution >= 0.6 is 0 Å². The molecular formula is C25H28FN5O6. The van der Waals surface area contributed by atoms with E-state index < -0.39 is 18.0 Å². The third-order valence-electron chi connectivity index (χ3n) is 6.57. The molecule has 12 heteroatoms. The van der Waals surface area contributed by atoms with Gasteiger partial charge in [-0.05, 0) is 24.6 Å². The summed E-state index contributed by atoms with van der Waals surface area (Å²) in [7, 11) is 0. The Bertz CT molecular complexity index is 1330. The maximum atomic E-state index is 13.8. The number of aromatic nitrogens is 3. The van der Waals surface area contributed by atoms with Crippen LogP contribution < -0.4 is 20.3 Å². The summed E-state index contributed by atoms with van der Waals surface area (Å²) in [5, 5.41) is 13.2. The van der Waals surface area contributed by atoms with Crippen LogP contribution in [0, 0.1) is 11.7 Å². The van der Waals surface area contributed by atoms with Gasteiger partial charge in [0.15, 0.2) is 11.5 Å². The molecule has 4 heterocycles. The molecule has 0 bridgehead atoms. The minimum atomic E-state index is -0.613. The number of amides is 1. The zero-order valence-electron chi connectivity index (χ0n) is 20.1. The number of aliphatic hydroxyl groups excluding tert-OH is 1. The Morgan fingerprint density at radius 1 is 1.16 bits per heavy atom. The fraction of sp³-hybridized carbons (Fsp3) is 0.440. The minimum absolute atomic E-state index is 0.0307. The number of aliphatic hydroxyl groups is 1. The van der Waals surface area contributed by atoms with Gasteiger partial charge in [0.25, 0.3) is 5.56 Å². The van der Waals surface area contributed by atoms with E-state index in [-0.39, 0.29) is 24.6 Å². The lowest BCUT2D eigenvalue weighted by Crippen LogP contribution is -2.48. The fourth-order valence-electron chi connectivity index (χ4n) is 4.58. The zero-order chi connectivity index (χ0) is 25.8. The van der Waals surface area contributed by atoms with Crippen LogP contribution in [-0.2, 0) is 17.9 Å². The second-order valence-corrected chi connectivity index (χ2v) is 9.07. The zero-order valence-corrected chi connectivity index (χ0v) is 20.1. The van der Waals surface area contributed by atoms with E-state index in [9.17, 15) is 19.1 Å². The molecule has 1 aromatic carbocycles. The van der Waals surface area contributed by atoms with Gasteiger partial charge >= 0.3 is 6.09 Å². The monoisotopic (exact) mass is 513 g/mol. The average Bonchev–Trinajstić information content (AvgIpc) is 2.91. The molecule has 2 unspecified atom stereocenters. The number of ether oxygens (including phenoxy) is 3. The van der Waals surface area contributed by atoms with Crippen LogP contribution in [0.25, 0.3) is 11.0 Å². The Morgan fingerprint density at radius 3 is 2.86 bits per heavy atom. The van der Waals surface area contributed by atoms with E-state index in [4.69, 9.17) is 14.2 Å². The van der Waals surface area contributed by atoms with Crippen LogP contribution in [0.5, 0.6) is 11.5 Å². The van der Waals surface area contributed by atoms with Gasteiger partial charge in [0, 0.05) is 44.7 Å². The number of benzene rings is 1. The summed E-state index contributed by atoms with van der Waals surface area (Å²) < 4.78 is 31.5. The van der Waals surface area contributed by atoms with E-state index in [1.807, 2.05) is 0 Å². The molecule has 2 N–H and O–H groups in total.